The molecule has 2 atom stereocenters. The van der Waals surface area contributed by atoms with Crippen LogP contribution in [0.5, 0.6) is 0 Å². The highest BCUT2D eigenvalue weighted by Crippen LogP contribution is 2.35. The molecule has 3 aromatic carbocycles. The number of hydrogen-bond donors (Lipinski definition) is 2. The summed E-state index contributed by atoms with van der Waals surface area (Å²) in [6.45, 7) is 15.3. The molecule has 2 unspecified atom stereocenters. The Kier molecular flexibility index (Phi) is 11.3. The third kappa shape index (κ3) is 8.75. The number of carbonyl (C=O) groups excluding carboxylic acids is 3. The van der Waals surface area contributed by atoms with E-state index in [0.29, 0.717) is 24.3 Å². The van der Waals surface area contributed by atoms with Crippen molar-refractivity contribution in [3.8, 4) is 0 Å². The van der Waals surface area contributed by atoms with E-state index in [1.165, 1.54) is 0 Å². The van der Waals surface area contributed by atoms with E-state index < -0.39 is 29.3 Å². The molecule has 8 heteroatoms. The number of carbonyl (C=O) groups is 3. The Morgan fingerprint density at radius 1 is 0.930 bits per heavy atom. The minimum atomic E-state index is -0.953. The van der Waals surface area contributed by atoms with Gasteiger partial charge in [-0.3, -0.25) is 9.59 Å². The first-order valence-corrected chi connectivity index (χ1v) is 16.2. The van der Waals surface area contributed by atoms with Crippen LogP contribution in [0.1, 0.15) is 77.1 Å². The SMILES string of the molecule is CCC(C)(C)N(C(=O)C(CCSC)NC(=O)OC(C)(C)C)C(C(=O)Nc1ccc2ccccc2c1)c1cccc(C)c1C. The summed E-state index contributed by atoms with van der Waals surface area (Å²) in [5.74, 6) is -0.00428. The molecule has 232 valence electrons. The molecular formula is C35H47N3O4S. The first-order chi connectivity index (χ1) is 20.2. The van der Waals surface area contributed by atoms with Gasteiger partial charge < -0.3 is 20.3 Å². The minimum absolute atomic E-state index is 0.320. The summed E-state index contributed by atoms with van der Waals surface area (Å²) in [5, 5.41) is 8.02. The lowest BCUT2D eigenvalue weighted by atomic mass is 9.89. The van der Waals surface area contributed by atoms with Crippen molar-refractivity contribution in [1.82, 2.24) is 10.2 Å². The van der Waals surface area contributed by atoms with Gasteiger partial charge in [0.05, 0.1) is 0 Å². The van der Waals surface area contributed by atoms with Crippen molar-refractivity contribution in [2.24, 2.45) is 0 Å². The summed E-state index contributed by atoms with van der Waals surface area (Å²) in [7, 11) is 0. The van der Waals surface area contributed by atoms with Gasteiger partial charge in [0.15, 0.2) is 0 Å². The van der Waals surface area contributed by atoms with Crippen LogP contribution in [0.4, 0.5) is 10.5 Å². The van der Waals surface area contributed by atoms with Gasteiger partial charge in [0.2, 0.25) is 5.91 Å². The molecule has 0 saturated carbocycles. The fourth-order valence-electron chi connectivity index (χ4n) is 5.00. The number of rotatable bonds is 11. The lowest BCUT2D eigenvalue weighted by Crippen LogP contribution is -2.59. The normalized spacial score (nSPS) is 13.2. The maximum absolute atomic E-state index is 14.7. The van der Waals surface area contributed by atoms with Crippen LogP contribution in [0.25, 0.3) is 10.8 Å². The van der Waals surface area contributed by atoms with Gasteiger partial charge in [-0.15, -0.1) is 0 Å². The molecule has 0 fully saturated rings. The van der Waals surface area contributed by atoms with E-state index in [-0.39, 0.29) is 11.8 Å². The summed E-state index contributed by atoms with van der Waals surface area (Å²) in [6.07, 6.45) is 2.27. The number of alkyl carbamates (subject to hydrolysis) is 1. The van der Waals surface area contributed by atoms with E-state index in [1.807, 2.05) is 102 Å². The van der Waals surface area contributed by atoms with Crippen LogP contribution in [-0.4, -0.2) is 52.0 Å². The molecule has 0 spiro atoms. The van der Waals surface area contributed by atoms with Crippen LogP contribution >= 0.6 is 11.8 Å². The number of anilines is 1. The van der Waals surface area contributed by atoms with Gasteiger partial charge in [0.1, 0.15) is 17.7 Å². The monoisotopic (exact) mass is 605 g/mol. The van der Waals surface area contributed by atoms with Gasteiger partial charge in [-0.25, -0.2) is 4.79 Å². The fourth-order valence-corrected chi connectivity index (χ4v) is 5.47. The summed E-state index contributed by atoms with van der Waals surface area (Å²) in [4.78, 5) is 43.7. The molecule has 0 radical (unpaired) electrons. The van der Waals surface area contributed by atoms with Crippen molar-refractivity contribution in [2.75, 3.05) is 17.3 Å². The van der Waals surface area contributed by atoms with Gasteiger partial charge in [-0.2, -0.15) is 11.8 Å². The standard InChI is InChI=1S/C35H47N3O4S/c1-10-35(7,8)38(32(40)29(20-21-43-9)37-33(41)42-34(4,5)6)30(28-17-13-14-23(2)24(28)3)31(39)36-27-19-18-25-15-11-12-16-26(25)22-27/h11-19,22,29-30H,10,20-21H2,1-9H3,(H,36,39)(H,37,41). The van der Waals surface area contributed by atoms with Gasteiger partial charge in [0.25, 0.3) is 5.91 Å². The molecule has 2 N–H and O–H groups in total. The van der Waals surface area contributed by atoms with E-state index in [1.54, 1.807) is 37.4 Å². The molecule has 0 saturated heterocycles. The lowest BCUT2D eigenvalue weighted by molar-refractivity contribution is -0.147. The molecule has 3 amide bonds. The molecule has 43 heavy (non-hydrogen) atoms. The topological polar surface area (TPSA) is 87.7 Å². The maximum Gasteiger partial charge on any atom is 0.408 e. The molecule has 3 rings (SSSR count). The van der Waals surface area contributed by atoms with Crippen LogP contribution in [-0.2, 0) is 14.3 Å². The fraction of sp³-hybridized carbons (Fsp3) is 0.457. The van der Waals surface area contributed by atoms with E-state index in [2.05, 4.69) is 10.6 Å². The molecule has 0 bridgehead atoms. The number of amides is 3. The van der Waals surface area contributed by atoms with E-state index in [4.69, 9.17) is 4.74 Å². The van der Waals surface area contributed by atoms with Crippen LogP contribution in [0.15, 0.2) is 60.7 Å². The molecule has 0 heterocycles. The summed E-state index contributed by atoms with van der Waals surface area (Å²) < 4.78 is 5.52. The first kappa shape index (κ1) is 34.0. The minimum Gasteiger partial charge on any atom is -0.444 e. The van der Waals surface area contributed by atoms with Gasteiger partial charge in [-0.05, 0) is 113 Å². The Hall–Kier alpha value is -3.52. The third-order valence-electron chi connectivity index (χ3n) is 7.82. The van der Waals surface area contributed by atoms with Crippen molar-refractivity contribution >= 4 is 46.1 Å². The molecule has 0 aliphatic rings. The quantitative estimate of drug-likeness (QED) is 0.233. The van der Waals surface area contributed by atoms with Crippen molar-refractivity contribution in [1.29, 1.82) is 0 Å². The number of fused-ring (bicyclic) bond motifs is 1. The Morgan fingerprint density at radius 3 is 2.23 bits per heavy atom. The molecule has 0 aliphatic heterocycles. The van der Waals surface area contributed by atoms with Crippen LogP contribution in [0, 0.1) is 13.8 Å². The van der Waals surface area contributed by atoms with Crippen LogP contribution in [0.2, 0.25) is 0 Å². The Morgan fingerprint density at radius 2 is 1.60 bits per heavy atom. The van der Waals surface area contributed by atoms with E-state index in [9.17, 15) is 14.4 Å². The van der Waals surface area contributed by atoms with E-state index in [0.717, 1.165) is 27.5 Å². The van der Waals surface area contributed by atoms with Crippen molar-refractivity contribution in [3.63, 3.8) is 0 Å². The van der Waals surface area contributed by atoms with Crippen LogP contribution in [0.3, 0.4) is 0 Å². The number of ether oxygens (including phenoxy) is 1. The van der Waals surface area contributed by atoms with Gasteiger partial charge >= 0.3 is 6.09 Å². The zero-order valence-electron chi connectivity index (χ0n) is 27.0. The van der Waals surface area contributed by atoms with Crippen molar-refractivity contribution in [2.45, 2.75) is 91.5 Å². The number of benzene rings is 3. The maximum atomic E-state index is 14.7. The largest absolute Gasteiger partial charge is 0.444 e. The lowest BCUT2D eigenvalue weighted by Gasteiger charge is -2.45. The van der Waals surface area contributed by atoms with Crippen LogP contribution < -0.4 is 10.6 Å². The number of hydrogen-bond acceptors (Lipinski definition) is 5. The van der Waals surface area contributed by atoms with Crippen molar-refractivity contribution < 1.29 is 19.1 Å². The summed E-state index contributed by atoms with van der Waals surface area (Å²) >= 11 is 1.59. The smallest absolute Gasteiger partial charge is 0.408 e. The molecule has 3 aromatic rings. The predicted octanol–water partition coefficient (Wildman–Crippen LogP) is 7.80. The highest BCUT2D eigenvalue weighted by Gasteiger charge is 2.43. The zero-order valence-corrected chi connectivity index (χ0v) is 27.9. The molecule has 7 nitrogen and oxygen atoms in total. The molecular weight excluding hydrogens is 558 g/mol. The predicted molar refractivity (Wildman–Crippen MR) is 179 cm³/mol. The van der Waals surface area contributed by atoms with Crippen molar-refractivity contribution in [3.05, 3.63) is 77.4 Å². The zero-order chi connectivity index (χ0) is 31.9. The number of nitrogens with zero attached hydrogens (tertiary/aromatic N) is 1. The second kappa shape index (κ2) is 14.3. The first-order valence-electron chi connectivity index (χ1n) is 14.9. The number of thioether (sulfide) groups is 1. The average Bonchev–Trinajstić information content (AvgIpc) is 2.94. The second-order valence-corrected chi connectivity index (χ2v) is 13.6. The summed E-state index contributed by atoms with van der Waals surface area (Å²) in [6, 6.07) is 17.8. The number of aryl methyl sites for hydroxylation is 1. The Bertz CT molecular complexity index is 1450. The van der Waals surface area contributed by atoms with Gasteiger partial charge in [0, 0.05) is 11.2 Å². The average molecular weight is 606 g/mol. The highest BCUT2D eigenvalue weighted by molar-refractivity contribution is 7.98. The highest BCUT2D eigenvalue weighted by atomic mass is 32.2. The Labute approximate surface area is 261 Å². The summed E-state index contributed by atoms with van der Waals surface area (Å²) in [5.41, 5.74) is 1.90. The molecule has 0 aromatic heterocycles. The Balaban J connectivity index is 2.14. The van der Waals surface area contributed by atoms with E-state index >= 15 is 0 Å². The number of nitrogens with one attached hydrogen (secondary N) is 2. The third-order valence-corrected chi connectivity index (χ3v) is 8.46. The molecule has 0 aliphatic carbocycles. The second-order valence-electron chi connectivity index (χ2n) is 12.6. The van der Waals surface area contributed by atoms with Gasteiger partial charge in [-0.1, -0.05) is 55.5 Å².